The fraction of sp³-hybridized carbons (Fsp3) is 0.538. The number of fused-ring (bicyclic) bond motifs is 1. The van der Waals surface area contributed by atoms with Crippen molar-refractivity contribution >= 4 is 0 Å². The summed E-state index contributed by atoms with van der Waals surface area (Å²) in [4.78, 5) is 2.48. The lowest BCUT2D eigenvalue weighted by atomic mass is 10.1. The number of nitrogens with two attached hydrogens (primary N) is 1. The SMILES string of the molecule is C[C@@]12CN(Cc3ccccc3)C[C@]1(N)C2. The van der Waals surface area contributed by atoms with Crippen LogP contribution in [0.1, 0.15) is 18.9 Å². The van der Waals surface area contributed by atoms with Crippen LogP contribution in [-0.4, -0.2) is 23.5 Å². The molecule has 0 aromatic heterocycles. The standard InChI is InChI=1S/C13H18N2/c1-12-8-13(12,14)10-15(9-12)7-11-5-3-2-4-6-11/h2-6H,7-10,14H2,1H3/t12-,13-/m1/s1. The van der Waals surface area contributed by atoms with Crippen molar-refractivity contribution in [1.82, 2.24) is 4.90 Å². The summed E-state index contributed by atoms with van der Waals surface area (Å²) in [5.41, 5.74) is 8.21. The molecule has 15 heavy (non-hydrogen) atoms. The summed E-state index contributed by atoms with van der Waals surface area (Å²) in [5.74, 6) is 0. The van der Waals surface area contributed by atoms with Crippen LogP contribution >= 0.6 is 0 Å². The van der Waals surface area contributed by atoms with Crippen LogP contribution in [0, 0.1) is 5.41 Å². The van der Waals surface area contributed by atoms with Gasteiger partial charge in [0.25, 0.3) is 0 Å². The van der Waals surface area contributed by atoms with Crippen molar-refractivity contribution in [2.24, 2.45) is 11.1 Å². The first kappa shape index (κ1) is 9.37. The van der Waals surface area contributed by atoms with Gasteiger partial charge in [0.05, 0.1) is 0 Å². The molecule has 0 radical (unpaired) electrons. The minimum Gasteiger partial charge on any atom is -0.323 e. The number of hydrogen-bond acceptors (Lipinski definition) is 2. The molecular weight excluding hydrogens is 184 g/mol. The molecule has 2 atom stereocenters. The Bertz CT molecular complexity index is 359. The minimum atomic E-state index is 0.127. The second-order valence-electron chi connectivity index (χ2n) is 5.52. The van der Waals surface area contributed by atoms with Gasteiger partial charge in [-0.15, -0.1) is 0 Å². The molecule has 1 heterocycles. The highest BCUT2D eigenvalue weighted by Gasteiger charge is 2.66. The van der Waals surface area contributed by atoms with E-state index in [9.17, 15) is 0 Å². The molecule has 1 aromatic rings. The van der Waals surface area contributed by atoms with E-state index < -0.39 is 0 Å². The minimum absolute atomic E-state index is 0.127. The first-order valence-corrected chi connectivity index (χ1v) is 5.67. The van der Waals surface area contributed by atoms with Gasteiger partial charge in [0.2, 0.25) is 0 Å². The lowest BCUT2D eigenvalue weighted by Crippen LogP contribution is -2.33. The Morgan fingerprint density at radius 1 is 1.27 bits per heavy atom. The molecule has 1 aliphatic carbocycles. The van der Waals surface area contributed by atoms with Crippen molar-refractivity contribution in [3.8, 4) is 0 Å². The Morgan fingerprint density at radius 2 is 2.00 bits per heavy atom. The van der Waals surface area contributed by atoms with Crippen LogP contribution in [0.2, 0.25) is 0 Å². The normalized spacial score (nSPS) is 39.1. The van der Waals surface area contributed by atoms with Crippen molar-refractivity contribution in [2.75, 3.05) is 13.1 Å². The quantitative estimate of drug-likeness (QED) is 0.789. The van der Waals surface area contributed by atoms with E-state index in [0.29, 0.717) is 5.41 Å². The predicted molar refractivity (Wildman–Crippen MR) is 61.4 cm³/mol. The number of piperidine rings is 1. The predicted octanol–water partition coefficient (Wildman–Crippen LogP) is 1.61. The molecule has 0 amide bonds. The summed E-state index contributed by atoms with van der Waals surface area (Å²) in [5, 5.41) is 0. The van der Waals surface area contributed by atoms with Gasteiger partial charge < -0.3 is 5.73 Å². The van der Waals surface area contributed by atoms with E-state index in [1.807, 2.05) is 0 Å². The highest BCUT2D eigenvalue weighted by molar-refractivity contribution is 5.25. The van der Waals surface area contributed by atoms with Crippen molar-refractivity contribution in [2.45, 2.75) is 25.4 Å². The maximum Gasteiger partial charge on any atom is 0.0357 e. The van der Waals surface area contributed by atoms with Gasteiger partial charge >= 0.3 is 0 Å². The number of likely N-dealkylation sites (tertiary alicyclic amines) is 1. The Morgan fingerprint density at radius 3 is 2.60 bits per heavy atom. The highest BCUT2D eigenvalue weighted by Crippen LogP contribution is 2.59. The smallest absolute Gasteiger partial charge is 0.0357 e. The molecule has 0 spiro atoms. The van der Waals surface area contributed by atoms with Gasteiger partial charge in [0.1, 0.15) is 0 Å². The zero-order chi connectivity index (χ0) is 10.5. The maximum absolute atomic E-state index is 6.29. The van der Waals surface area contributed by atoms with Crippen molar-refractivity contribution in [1.29, 1.82) is 0 Å². The molecule has 2 nitrogen and oxygen atoms in total. The number of rotatable bonds is 2. The molecule has 3 rings (SSSR count). The molecule has 2 heteroatoms. The molecule has 2 N–H and O–H groups in total. The fourth-order valence-electron chi connectivity index (χ4n) is 3.01. The van der Waals surface area contributed by atoms with Crippen molar-refractivity contribution in [3.05, 3.63) is 35.9 Å². The lowest BCUT2D eigenvalue weighted by Gasteiger charge is -2.19. The maximum atomic E-state index is 6.29. The molecular formula is C13H18N2. The molecule has 1 saturated heterocycles. The summed E-state index contributed by atoms with van der Waals surface area (Å²) < 4.78 is 0. The van der Waals surface area contributed by atoms with Gasteiger partial charge in [-0.2, -0.15) is 0 Å². The van der Waals surface area contributed by atoms with E-state index >= 15 is 0 Å². The Hall–Kier alpha value is -0.860. The van der Waals surface area contributed by atoms with Crippen LogP contribution in [0.5, 0.6) is 0 Å². The van der Waals surface area contributed by atoms with E-state index in [1.165, 1.54) is 18.5 Å². The van der Waals surface area contributed by atoms with Crippen LogP contribution in [0.3, 0.4) is 0 Å². The number of benzene rings is 1. The summed E-state index contributed by atoms with van der Waals surface area (Å²) in [6, 6.07) is 10.7. The first-order chi connectivity index (χ1) is 7.11. The largest absolute Gasteiger partial charge is 0.323 e. The molecule has 1 saturated carbocycles. The van der Waals surface area contributed by atoms with Crippen LogP contribution < -0.4 is 5.73 Å². The van der Waals surface area contributed by atoms with Crippen LogP contribution in [0.15, 0.2) is 30.3 Å². The van der Waals surface area contributed by atoms with Crippen LogP contribution in [-0.2, 0) is 6.54 Å². The van der Waals surface area contributed by atoms with E-state index in [1.54, 1.807) is 0 Å². The Balaban J connectivity index is 1.68. The summed E-state index contributed by atoms with van der Waals surface area (Å²) >= 11 is 0. The topological polar surface area (TPSA) is 29.3 Å². The van der Waals surface area contributed by atoms with Gasteiger partial charge in [-0.3, -0.25) is 4.90 Å². The van der Waals surface area contributed by atoms with Crippen molar-refractivity contribution in [3.63, 3.8) is 0 Å². The number of nitrogens with zero attached hydrogens (tertiary/aromatic N) is 1. The van der Waals surface area contributed by atoms with E-state index in [-0.39, 0.29) is 5.54 Å². The third-order valence-corrected chi connectivity index (χ3v) is 4.11. The summed E-state index contributed by atoms with van der Waals surface area (Å²) in [6.07, 6.45) is 1.21. The zero-order valence-electron chi connectivity index (χ0n) is 9.24. The molecule has 80 valence electrons. The summed E-state index contributed by atoms with van der Waals surface area (Å²) in [6.45, 7) is 5.60. The van der Waals surface area contributed by atoms with E-state index in [4.69, 9.17) is 5.73 Å². The average Bonchev–Trinajstić information content (AvgIpc) is 2.58. The first-order valence-electron chi connectivity index (χ1n) is 5.67. The fourth-order valence-corrected chi connectivity index (χ4v) is 3.01. The molecule has 2 aliphatic rings. The molecule has 0 bridgehead atoms. The van der Waals surface area contributed by atoms with Crippen LogP contribution in [0.25, 0.3) is 0 Å². The monoisotopic (exact) mass is 202 g/mol. The van der Waals surface area contributed by atoms with E-state index in [0.717, 1.165) is 13.1 Å². The molecule has 1 aliphatic heterocycles. The molecule has 2 fully saturated rings. The third-order valence-electron chi connectivity index (χ3n) is 4.11. The van der Waals surface area contributed by atoms with Gasteiger partial charge in [-0.1, -0.05) is 37.3 Å². The third kappa shape index (κ3) is 1.40. The molecule has 1 aromatic carbocycles. The second-order valence-corrected chi connectivity index (χ2v) is 5.52. The van der Waals surface area contributed by atoms with E-state index in [2.05, 4.69) is 42.2 Å². The zero-order valence-corrected chi connectivity index (χ0v) is 9.24. The van der Waals surface area contributed by atoms with Crippen molar-refractivity contribution < 1.29 is 0 Å². The Kier molecular flexibility index (Phi) is 1.77. The van der Waals surface area contributed by atoms with Gasteiger partial charge in [-0.25, -0.2) is 0 Å². The van der Waals surface area contributed by atoms with Crippen LogP contribution in [0.4, 0.5) is 0 Å². The molecule has 0 unspecified atom stereocenters. The lowest BCUT2D eigenvalue weighted by molar-refractivity contribution is 0.275. The summed E-state index contributed by atoms with van der Waals surface area (Å²) in [7, 11) is 0. The average molecular weight is 202 g/mol. The Labute approximate surface area is 91.1 Å². The highest BCUT2D eigenvalue weighted by atomic mass is 15.2. The van der Waals surface area contributed by atoms with Gasteiger partial charge in [0.15, 0.2) is 0 Å². The van der Waals surface area contributed by atoms with Gasteiger partial charge in [-0.05, 0) is 12.0 Å². The number of hydrogen-bond donors (Lipinski definition) is 1. The second kappa shape index (κ2) is 2.83. The van der Waals surface area contributed by atoms with Gasteiger partial charge in [0, 0.05) is 30.6 Å².